The number of rotatable bonds is 1. The molecule has 62 valence electrons. The van der Waals surface area contributed by atoms with E-state index in [1.54, 1.807) is 0 Å². The minimum absolute atomic E-state index is 0.778. The van der Waals surface area contributed by atoms with Crippen molar-refractivity contribution in [2.24, 2.45) is 0 Å². The summed E-state index contributed by atoms with van der Waals surface area (Å²) in [5, 5.41) is 0.778. The van der Waals surface area contributed by atoms with Crippen molar-refractivity contribution in [1.29, 1.82) is 0 Å². The molecule has 2 N–H and O–H groups in total. The lowest BCUT2D eigenvalue weighted by atomic mass is 10.1. The van der Waals surface area contributed by atoms with Gasteiger partial charge >= 0.3 is 0 Å². The van der Waals surface area contributed by atoms with E-state index in [9.17, 15) is 0 Å². The van der Waals surface area contributed by atoms with Crippen LogP contribution in [0, 0.1) is 0 Å². The van der Waals surface area contributed by atoms with Gasteiger partial charge in [0.05, 0.1) is 5.70 Å². The molecular weight excluding hydrogens is 172 g/mol. The van der Waals surface area contributed by atoms with Crippen LogP contribution in [0.3, 0.4) is 0 Å². The standard InChI is InChI=1S/C9H9ClN2/c10-8-4-2-1-3-7(8)9-5-6-11-12-9/h1-5,11-12H,6H2. The normalized spacial score (nSPS) is 15.6. The molecule has 0 spiro atoms. The molecule has 1 aliphatic rings. The predicted molar refractivity (Wildman–Crippen MR) is 50.6 cm³/mol. The summed E-state index contributed by atoms with van der Waals surface area (Å²) in [6, 6.07) is 7.78. The fraction of sp³-hybridized carbons (Fsp3) is 0.111. The summed E-state index contributed by atoms with van der Waals surface area (Å²) in [6.07, 6.45) is 2.07. The zero-order valence-corrected chi connectivity index (χ0v) is 7.23. The Morgan fingerprint density at radius 2 is 2.08 bits per heavy atom. The molecule has 2 nitrogen and oxygen atoms in total. The summed E-state index contributed by atoms with van der Waals surface area (Å²) < 4.78 is 0. The van der Waals surface area contributed by atoms with Gasteiger partial charge in [-0.1, -0.05) is 29.8 Å². The van der Waals surface area contributed by atoms with Crippen LogP contribution in [0.4, 0.5) is 0 Å². The van der Waals surface area contributed by atoms with Gasteiger partial charge in [-0.15, -0.1) is 0 Å². The smallest absolute Gasteiger partial charge is 0.0548 e. The summed E-state index contributed by atoms with van der Waals surface area (Å²) in [4.78, 5) is 0. The Bertz CT molecular complexity index is 320. The van der Waals surface area contributed by atoms with Crippen LogP contribution in [0.2, 0.25) is 5.02 Å². The second kappa shape index (κ2) is 3.17. The SMILES string of the molecule is Clc1ccccc1C1=CCNN1. The molecule has 0 saturated heterocycles. The molecule has 1 aromatic carbocycles. The Labute approximate surface area is 76.2 Å². The summed E-state index contributed by atoms with van der Waals surface area (Å²) in [5.41, 5.74) is 8.14. The van der Waals surface area contributed by atoms with Crippen LogP contribution in [0.5, 0.6) is 0 Å². The average Bonchev–Trinajstić information content (AvgIpc) is 2.57. The van der Waals surface area contributed by atoms with Crippen LogP contribution < -0.4 is 10.9 Å². The maximum absolute atomic E-state index is 6.00. The predicted octanol–water partition coefficient (Wildman–Crippen LogP) is 1.79. The van der Waals surface area contributed by atoms with Crippen molar-refractivity contribution in [3.63, 3.8) is 0 Å². The molecule has 3 heteroatoms. The second-order valence-corrected chi connectivity index (χ2v) is 3.01. The van der Waals surface area contributed by atoms with E-state index in [2.05, 4.69) is 16.9 Å². The molecule has 0 aliphatic carbocycles. The van der Waals surface area contributed by atoms with Gasteiger partial charge in [-0.3, -0.25) is 0 Å². The summed E-state index contributed by atoms with van der Waals surface area (Å²) in [5.74, 6) is 0. The van der Waals surface area contributed by atoms with Crippen molar-refractivity contribution >= 4 is 17.3 Å². The molecule has 0 fully saturated rings. The summed E-state index contributed by atoms with van der Waals surface area (Å²) in [7, 11) is 0. The van der Waals surface area contributed by atoms with E-state index in [1.807, 2.05) is 24.3 Å². The Balaban J connectivity index is 2.39. The molecule has 12 heavy (non-hydrogen) atoms. The largest absolute Gasteiger partial charge is 0.321 e. The fourth-order valence-corrected chi connectivity index (χ4v) is 1.44. The van der Waals surface area contributed by atoms with Gasteiger partial charge in [0.1, 0.15) is 0 Å². The first kappa shape index (κ1) is 7.65. The highest BCUT2D eigenvalue weighted by Gasteiger charge is 2.07. The van der Waals surface area contributed by atoms with E-state index in [0.717, 1.165) is 22.8 Å². The van der Waals surface area contributed by atoms with Gasteiger partial charge < -0.3 is 5.43 Å². The quantitative estimate of drug-likeness (QED) is 0.689. The molecule has 2 rings (SSSR count). The lowest BCUT2D eigenvalue weighted by Crippen LogP contribution is -2.23. The summed E-state index contributed by atoms with van der Waals surface area (Å²) >= 11 is 6.00. The van der Waals surface area contributed by atoms with Crippen LogP contribution in [0.15, 0.2) is 30.3 Å². The maximum Gasteiger partial charge on any atom is 0.0548 e. The minimum atomic E-state index is 0.778. The number of hydrogen-bond acceptors (Lipinski definition) is 2. The molecule has 0 radical (unpaired) electrons. The zero-order valence-electron chi connectivity index (χ0n) is 6.47. The third kappa shape index (κ3) is 1.31. The van der Waals surface area contributed by atoms with Gasteiger partial charge in [-0.05, 0) is 12.1 Å². The second-order valence-electron chi connectivity index (χ2n) is 2.60. The van der Waals surface area contributed by atoms with Gasteiger partial charge in [0.15, 0.2) is 0 Å². The number of benzene rings is 1. The lowest BCUT2D eigenvalue weighted by molar-refractivity contribution is 0.738. The first-order valence-corrected chi connectivity index (χ1v) is 4.19. The minimum Gasteiger partial charge on any atom is -0.321 e. The topological polar surface area (TPSA) is 24.1 Å². The third-order valence-electron chi connectivity index (χ3n) is 1.80. The first-order chi connectivity index (χ1) is 5.88. The third-order valence-corrected chi connectivity index (χ3v) is 2.12. The molecular formula is C9H9ClN2. The van der Waals surface area contributed by atoms with E-state index in [0.29, 0.717) is 0 Å². The Morgan fingerprint density at radius 3 is 2.75 bits per heavy atom. The van der Waals surface area contributed by atoms with Crippen molar-refractivity contribution in [1.82, 2.24) is 10.9 Å². The van der Waals surface area contributed by atoms with Crippen LogP contribution in [-0.2, 0) is 0 Å². The number of nitrogens with one attached hydrogen (secondary N) is 2. The van der Waals surface area contributed by atoms with Gasteiger partial charge in [0, 0.05) is 17.1 Å². The fourth-order valence-electron chi connectivity index (χ4n) is 1.21. The Morgan fingerprint density at radius 1 is 1.25 bits per heavy atom. The van der Waals surface area contributed by atoms with Gasteiger partial charge in [0.25, 0.3) is 0 Å². The number of halogens is 1. The van der Waals surface area contributed by atoms with Crippen LogP contribution in [0.25, 0.3) is 5.70 Å². The van der Waals surface area contributed by atoms with Crippen molar-refractivity contribution in [2.45, 2.75) is 0 Å². The van der Waals surface area contributed by atoms with Gasteiger partial charge in [-0.2, -0.15) is 0 Å². The molecule has 1 aliphatic heterocycles. The molecule has 0 bridgehead atoms. The van der Waals surface area contributed by atoms with Gasteiger partial charge in [0.2, 0.25) is 0 Å². The summed E-state index contributed by atoms with van der Waals surface area (Å²) in [6.45, 7) is 0.848. The van der Waals surface area contributed by atoms with E-state index < -0.39 is 0 Å². The van der Waals surface area contributed by atoms with E-state index in [4.69, 9.17) is 11.6 Å². The molecule has 1 heterocycles. The van der Waals surface area contributed by atoms with Crippen LogP contribution in [0.1, 0.15) is 5.56 Å². The van der Waals surface area contributed by atoms with Crippen molar-refractivity contribution in [3.05, 3.63) is 40.9 Å². The highest BCUT2D eigenvalue weighted by molar-refractivity contribution is 6.32. The van der Waals surface area contributed by atoms with E-state index in [1.165, 1.54) is 0 Å². The van der Waals surface area contributed by atoms with Crippen molar-refractivity contribution in [2.75, 3.05) is 6.54 Å². The molecule has 0 unspecified atom stereocenters. The highest BCUT2D eigenvalue weighted by Crippen LogP contribution is 2.21. The van der Waals surface area contributed by atoms with Crippen molar-refractivity contribution in [3.8, 4) is 0 Å². The number of hydrogen-bond donors (Lipinski definition) is 2. The monoisotopic (exact) mass is 180 g/mol. The lowest BCUT2D eigenvalue weighted by Gasteiger charge is -2.05. The average molecular weight is 181 g/mol. The van der Waals surface area contributed by atoms with E-state index >= 15 is 0 Å². The van der Waals surface area contributed by atoms with Crippen molar-refractivity contribution < 1.29 is 0 Å². The number of hydrazine groups is 1. The molecule has 1 aromatic rings. The molecule has 0 saturated carbocycles. The van der Waals surface area contributed by atoms with Crippen LogP contribution in [-0.4, -0.2) is 6.54 Å². The highest BCUT2D eigenvalue weighted by atomic mass is 35.5. The van der Waals surface area contributed by atoms with Gasteiger partial charge in [-0.25, -0.2) is 5.43 Å². The van der Waals surface area contributed by atoms with E-state index in [-0.39, 0.29) is 0 Å². The Kier molecular flexibility index (Phi) is 2.02. The zero-order chi connectivity index (χ0) is 8.39. The first-order valence-electron chi connectivity index (χ1n) is 3.82. The maximum atomic E-state index is 6.00. The van der Waals surface area contributed by atoms with Crippen LogP contribution >= 0.6 is 11.6 Å². The molecule has 0 aromatic heterocycles. The Hall–Kier alpha value is -0.990. The molecule has 0 amide bonds. The molecule has 0 atom stereocenters.